The van der Waals surface area contributed by atoms with Crippen molar-refractivity contribution in [3.63, 3.8) is 0 Å². The van der Waals surface area contributed by atoms with Crippen LogP contribution in [-0.2, 0) is 0 Å². The van der Waals surface area contributed by atoms with Gasteiger partial charge in [0.15, 0.2) is 11.6 Å². The molecule has 3 aromatic carbocycles. The van der Waals surface area contributed by atoms with Crippen LogP contribution in [0.25, 0.3) is 0 Å². The highest BCUT2D eigenvalue weighted by molar-refractivity contribution is 6.30. The van der Waals surface area contributed by atoms with Gasteiger partial charge in [-0.25, -0.2) is 0 Å². The van der Waals surface area contributed by atoms with E-state index in [4.69, 9.17) is 0 Å². The van der Waals surface area contributed by atoms with Crippen molar-refractivity contribution >= 4 is 22.9 Å². The van der Waals surface area contributed by atoms with E-state index in [0.717, 1.165) is 11.3 Å². The fourth-order valence-electron chi connectivity index (χ4n) is 3.11. The Kier molecular flexibility index (Phi) is 3.28. The average Bonchev–Trinajstić information content (AvgIpc) is 2.61. The van der Waals surface area contributed by atoms with E-state index in [1.807, 2.05) is 37.3 Å². The van der Waals surface area contributed by atoms with Crippen LogP contribution >= 0.6 is 0 Å². The molecule has 0 aliphatic heterocycles. The van der Waals surface area contributed by atoms with E-state index in [1.165, 1.54) is 0 Å². The molecule has 116 valence electrons. The van der Waals surface area contributed by atoms with Gasteiger partial charge in [0.25, 0.3) is 0 Å². The van der Waals surface area contributed by atoms with E-state index in [-0.39, 0.29) is 11.6 Å². The Morgan fingerprint density at radius 1 is 0.625 bits per heavy atom. The minimum Gasteiger partial charge on any atom is -0.355 e. The molecule has 0 saturated carbocycles. The van der Waals surface area contributed by atoms with Crippen LogP contribution < -0.4 is 5.32 Å². The Bertz CT molecular complexity index is 989. The Balaban J connectivity index is 1.87. The first-order valence-electron chi connectivity index (χ1n) is 7.81. The summed E-state index contributed by atoms with van der Waals surface area (Å²) < 4.78 is 0. The fourth-order valence-corrected chi connectivity index (χ4v) is 3.11. The SMILES string of the molecule is Cc1ccccc1Nc1cccc2c1C(=O)c1ccccc1C2=O. The number of benzene rings is 3. The number of ketones is 2. The van der Waals surface area contributed by atoms with E-state index < -0.39 is 0 Å². The lowest BCUT2D eigenvalue weighted by molar-refractivity contribution is 0.0979. The normalized spacial score (nSPS) is 12.5. The number of hydrogen-bond donors (Lipinski definition) is 1. The molecule has 1 aliphatic rings. The number of nitrogens with one attached hydrogen (secondary N) is 1. The predicted octanol–water partition coefficient (Wildman–Crippen LogP) is 4.51. The molecular weight excluding hydrogens is 298 g/mol. The van der Waals surface area contributed by atoms with Crippen LogP contribution in [0.4, 0.5) is 11.4 Å². The highest BCUT2D eigenvalue weighted by Gasteiger charge is 2.31. The van der Waals surface area contributed by atoms with Gasteiger partial charge in [-0.1, -0.05) is 54.6 Å². The van der Waals surface area contributed by atoms with Crippen molar-refractivity contribution in [3.8, 4) is 0 Å². The molecule has 0 bridgehead atoms. The van der Waals surface area contributed by atoms with Crippen LogP contribution in [0, 0.1) is 6.92 Å². The van der Waals surface area contributed by atoms with Gasteiger partial charge in [-0.05, 0) is 24.6 Å². The zero-order chi connectivity index (χ0) is 16.7. The van der Waals surface area contributed by atoms with Gasteiger partial charge in [-0.15, -0.1) is 0 Å². The molecule has 24 heavy (non-hydrogen) atoms. The highest BCUT2D eigenvalue weighted by Crippen LogP contribution is 2.33. The van der Waals surface area contributed by atoms with Gasteiger partial charge in [0, 0.05) is 22.4 Å². The third-order valence-electron chi connectivity index (χ3n) is 4.37. The summed E-state index contributed by atoms with van der Waals surface area (Å²) >= 11 is 0. The van der Waals surface area contributed by atoms with Crippen molar-refractivity contribution in [1.29, 1.82) is 0 Å². The molecule has 0 atom stereocenters. The van der Waals surface area contributed by atoms with Crippen LogP contribution in [0.2, 0.25) is 0 Å². The second-order valence-corrected chi connectivity index (χ2v) is 5.87. The maximum absolute atomic E-state index is 13.0. The number of hydrogen-bond acceptors (Lipinski definition) is 3. The molecule has 1 aliphatic carbocycles. The summed E-state index contributed by atoms with van der Waals surface area (Å²) in [5, 5.41) is 3.31. The summed E-state index contributed by atoms with van der Waals surface area (Å²) in [4.78, 5) is 25.7. The molecule has 3 aromatic rings. The van der Waals surface area contributed by atoms with Gasteiger partial charge in [-0.3, -0.25) is 9.59 Å². The molecule has 4 rings (SSSR count). The first-order chi connectivity index (χ1) is 11.7. The van der Waals surface area contributed by atoms with Crippen LogP contribution in [-0.4, -0.2) is 11.6 Å². The van der Waals surface area contributed by atoms with Crippen molar-refractivity contribution in [2.24, 2.45) is 0 Å². The summed E-state index contributed by atoms with van der Waals surface area (Å²) in [6.07, 6.45) is 0. The van der Waals surface area contributed by atoms with Crippen LogP contribution in [0.3, 0.4) is 0 Å². The minimum atomic E-state index is -0.114. The van der Waals surface area contributed by atoms with E-state index in [0.29, 0.717) is 27.9 Å². The summed E-state index contributed by atoms with van der Waals surface area (Å²) in [5.41, 5.74) is 4.50. The molecule has 0 radical (unpaired) electrons. The fraction of sp³-hybridized carbons (Fsp3) is 0.0476. The van der Waals surface area contributed by atoms with Crippen LogP contribution in [0.1, 0.15) is 37.4 Å². The van der Waals surface area contributed by atoms with E-state index in [9.17, 15) is 9.59 Å². The van der Waals surface area contributed by atoms with E-state index in [1.54, 1.807) is 36.4 Å². The second kappa shape index (κ2) is 5.46. The van der Waals surface area contributed by atoms with Crippen molar-refractivity contribution in [2.75, 3.05) is 5.32 Å². The van der Waals surface area contributed by atoms with Crippen molar-refractivity contribution < 1.29 is 9.59 Å². The van der Waals surface area contributed by atoms with Gasteiger partial charge in [-0.2, -0.15) is 0 Å². The zero-order valence-corrected chi connectivity index (χ0v) is 13.2. The van der Waals surface area contributed by atoms with E-state index in [2.05, 4.69) is 5.32 Å². The minimum absolute atomic E-state index is 0.103. The number of fused-ring (bicyclic) bond motifs is 2. The average molecular weight is 313 g/mol. The molecule has 1 N–H and O–H groups in total. The second-order valence-electron chi connectivity index (χ2n) is 5.87. The number of para-hydroxylation sites is 1. The molecule has 0 unspecified atom stereocenters. The van der Waals surface area contributed by atoms with Gasteiger partial charge in [0.2, 0.25) is 0 Å². The predicted molar refractivity (Wildman–Crippen MR) is 94.2 cm³/mol. The van der Waals surface area contributed by atoms with Gasteiger partial charge in [0.1, 0.15) is 0 Å². The first-order valence-corrected chi connectivity index (χ1v) is 7.81. The third-order valence-corrected chi connectivity index (χ3v) is 4.37. The maximum atomic E-state index is 13.0. The number of carbonyl (C=O) groups is 2. The summed E-state index contributed by atoms with van der Waals surface area (Å²) in [6.45, 7) is 2.00. The molecule has 0 saturated heterocycles. The summed E-state index contributed by atoms with van der Waals surface area (Å²) in [7, 11) is 0. The third kappa shape index (κ3) is 2.14. The smallest absolute Gasteiger partial charge is 0.196 e. The maximum Gasteiger partial charge on any atom is 0.196 e. The number of rotatable bonds is 2. The molecule has 3 heteroatoms. The molecular formula is C21H15NO2. The standard InChI is InChI=1S/C21H15NO2/c1-13-7-2-5-11-17(13)22-18-12-6-10-16-19(18)21(24)15-9-4-3-8-14(15)20(16)23/h2-12,22H,1H3. The Morgan fingerprint density at radius 2 is 1.21 bits per heavy atom. The first kappa shape index (κ1) is 14.4. The Labute approximate surface area is 140 Å². The van der Waals surface area contributed by atoms with Gasteiger partial charge in [0.05, 0.1) is 11.3 Å². The largest absolute Gasteiger partial charge is 0.355 e. The zero-order valence-electron chi connectivity index (χ0n) is 13.2. The van der Waals surface area contributed by atoms with Crippen molar-refractivity contribution in [1.82, 2.24) is 0 Å². The Morgan fingerprint density at radius 3 is 1.96 bits per heavy atom. The Hall–Kier alpha value is -3.20. The number of anilines is 2. The molecule has 0 amide bonds. The molecule has 0 aromatic heterocycles. The number of carbonyl (C=O) groups excluding carboxylic acids is 2. The summed E-state index contributed by atoms with van der Waals surface area (Å²) in [6, 6.07) is 20.2. The van der Waals surface area contributed by atoms with Crippen LogP contribution in [0.5, 0.6) is 0 Å². The van der Waals surface area contributed by atoms with Crippen molar-refractivity contribution in [2.45, 2.75) is 6.92 Å². The van der Waals surface area contributed by atoms with Crippen LogP contribution in [0.15, 0.2) is 66.7 Å². The molecule has 0 fully saturated rings. The summed E-state index contributed by atoms with van der Waals surface area (Å²) in [5.74, 6) is -0.217. The lowest BCUT2D eigenvalue weighted by atomic mass is 9.83. The lowest BCUT2D eigenvalue weighted by Gasteiger charge is -2.21. The van der Waals surface area contributed by atoms with Gasteiger partial charge < -0.3 is 5.32 Å². The topological polar surface area (TPSA) is 46.2 Å². The molecule has 0 heterocycles. The lowest BCUT2D eigenvalue weighted by Crippen LogP contribution is -2.22. The van der Waals surface area contributed by atoms with Gasteiger partial charge >= 0.3 is 0 Å². The highest BCUT2D eigenvalue weighted by atomic mass is 16.1. The molecule has 3 nitrogen and oxygen atoms in total. The van der Waals surface area contributed by atoms with Crippen molar-refractivity contribution in [3.05, 3.63) is 94.5 Å². The van der Waals surface area contributed by atoms with E-state index >= 15 is 0 Å². The number of aryl methyl sites for hydroxylation is 1. The monoisotopic (exact) mass is 313 g/mol. The quantitative estimate of drug-likeness (QED) is 0.592. The molecule has 0 spiro atoms.